The number of sulfone groups is 1. The predicted octanol–water partition coefficient (Wildman–Crippen LogP) is 0.472. The van der Waals surface area contributed by atoms with Crippen LogP contribution in [0.2, 0.25) is 0 Å². The van der Waals surface area contributed by atoms with Crippen molar-refractivity contribution in [3.8, 4) is 5.75 Å². The van der Waals surface area contributed by atoms with Crippen LogP contribution in [0.1, 0.15) is 12.5 Å². The van der Waals surface area contributed by atoms with Crippen LogP contribution in [0.3, 0.4) is 0 Å². The molecule has 0 aromatic heterocycles. The molecule has 1 saturated heterocycles. The first-order valence-electron chi connectivity index (χ1n) is 6.46. The number of aliphatic hydroxyl groups is 1. The summed E-state index contributed by atoms with van der Waals surface area (Å²) in [7, 11) is -3.32. The van der Waals surface area contributed by atoms with Crippen LogP contribution in [-0.4, -0.2) is 43.8 Å². The molecular formula is C13H18FNO4S. The van der Waals surface area contributed by atoms with Crippen molar-refractivity contribution < 1.29 is 22.7 Å². The minimum absolute atomic E-state index is 0.00889. The number of para-hydroxylation sites is 1. The molecule has 0 amide bonds. The molecule has 7 heteroatoms. The monoisotopic (exact) mass is 303 g/mol. The van der Waals surface area contributed by atoms with Crippen LogP contribution < -0.4 is 10.1 Å². The summed E-state index contributed by atoms with van der Waals surface area (Å²) >= 11 is 0. The Bertz CT molecular complexity index is 576. The number of hydrogen-bond acceptors (Lipinski definition) is 5. The van der Waals surface area contributed by atoms with Crippen molar-refractivity contribution in [3.63, 3.8) is 0 Å². The molecule has 1 aliphatic rings. The zero-order valence-corrected chi connectivity index (χ0v) is 12.0. The van der Waals surface area contributed by atoms with E-state index in [0.29, 0.717) is 12.1 Å². The second kappa shape index (κ2) is 6.07. The zero-order chi connectivity index (χ0) is 14.8. The van der Waals surface area contributed by atoms with Crippen molar-refractivity contribution in [3.05, 3.63) is 29.6 Å². The molecule has 112 valence electrons. The molecule has 0 aliphatic carbocycles. The van der Waals surface area contributed by atoms with Gasteiger partial charge in [-0.3, -0.25) is 0 Å². The van der Waals surface area contributed by atoms with Crippen molar-refractivity contribution in [2.45, 2.75) is 25.7 Å². The second-order valence-electron chi connectivity index (χ2n) is 4.81. The van der Waals surface area contributed by atoms with Crippen molar-refractivity contribution in [2.24, 2.45) is 0 Å². The molecule has 1 aromatic rings. The number of nitrogens with one attached hydrogen (secondary N) is 1. The van der Waals surface area contributed by atoms with E-state index in [4.69, 9.17) is 4.74 Å². The van der Waals surface area contributed by atoms with Crippen LogP contribution in [0.4, 0.5) is 4.39 Å². The number of ether oxygens (including phenoxy) is 1. The molecule has 2 N–H and O–H groups in total. The van der Waals surface area contributed by atoms with E-state index in [1.54, 1.807) is 12.1 Å². The summed E-state index contributed by atoms with van der Waals surface area (Å²) in [4.78, 5) is 0. The molecule has 1 heterocycles. The Kier molecular flexibility index (Phi) is 4.62. The van der Waals surface area contributed by atoms with Gasteiger partial charge in [-0.2, -0.15) is 0 Å². The molecule has 20 heavy (non-hydrogen) atoms. The lowest BCUT2D eigenvalue weighted by Gasteiger charge is -2.19. The Morgan fingerprint density at radius 1 is 1.45 bits per heavy atom. The SMILES string of the molecule is CCNCc1cccc(F)c1OC1CS(=O)(=O)CC1O. The molecule has 5 nitrogen and oxygen atoms in total. The molecule has 0 bridgehead atoms. The lowest BCUT2D eigenvalue weighted by molar-refractivity contribution is 0.0703. The lowest BCUT2D eigenvalue weighted by Crippen LogP contribution is -2.30. The van der Waals surface area contributed by atoms with Gasteiger partial charge in [-0.05, 0) is 12.6 Å². The smallest absolute Gasteiger partial charge is 0.165 e. The fraction of sp³-hybridized carbons (Fsp3) is 0.538. The highest BCUT2D eigenvalue weighted by molar-refractivity contribution is 7.91. The fourth-order valence-electron chi connectivity index (χ4n) is 2.15. The van der Waals surface area contributed by atoms with Gasteiger partial charge in [0.1, 0.15) is 12.2 Å². The molecule has 1 aromatic carbocycles. The third-order valence-corrected chi connectivity index (χ3v) is 4.84. The highest BCUT2D eigenvalue weighted by atomic mass is 32.2. The number of benzene rings is 1. The minimum atomic E-state index is -3.32. The van der Waals surface area contributed by atoms with Crippen molar-refractivity contribution in [2.75, 3.05) is 18.1 Å². The fourth-order valence-corrected chi connectivity index (χ4v) is 3.81. The number of aliphatic hydroxyl groups excluding tert-OH is 1. The van der Waals surface area contributed by atoms with Gasteiger partial charge in [-0.1, -0.05) is 19.1 Å². The van der Waals surface area contributed by atoms with Crippen molar-refractivity contribution in [1.82, 2.24) is 5.32 Å². The van der Waals surface area contributed by atoms with E-state index in [0.717, 1.165) is 6.54 Å². The Balaban J connectivity index is 2.20. The molecule has 0 saturated carbocycles. The summed E-state index contributed by atoms with van der Waals surface area (Å²) in [5.74, 6) is -1.18. The molecule has 0 radical (unpaired) electrons. The Morgan fingerprint density at radius 3 is 2.80 bits per heavy atom. The van der Waals surface area contributed by atoms with Gasteiger partial charge in [0.25, 0.3) is 0 Å². The Hall–Kier alpha value is -1.18. The molecule has 2 rings (SSSR count). The van der Waals surface area contributed by atoms with Gasteiger partial charge in [0.15, 0.2) is 21.4 Å². The van der Waals surface area contributed by atoms with E-state index in [1.165, 1.54) is 6.07 Å². The quantitative estimate of drug-likeness (QED) is 0.827. The van der Waals surface area contributed by atoms with E-state index < -0.39 is 27.9 Å². The summed E-state index contributed by atoms with van der Waals surface area (Å²) < 4.78 is 42.2. The third-order valence-electron chi connectivity index (χ3n) is 3.16. The van der Waals surface area contributed by atoms with Crippen LogP contribution in [-0.2, 0) is 16.4 Å². The number of halogens is 1. The standard InChI is InChI=1S/C13H18FNO4S/c1-2-15-6-9-4-3-5-10(14)13(9)19-12-8-20(17,18)7-11(12)16/h3-5,11-12,15-16H,2,6-8H2,1H3. The van der Waals surface area contributed by atoms with E-state index in [1.807, 2.05) is 6.92 Å². The van der Waals surface area contributed by atoms with Crippen LogP contribution in [0.5, 0.6) is 5.75 Å². The van der Waals surface area contributed by atoms with E-state index in [-0.39, 0.29) is 17.3 Å². The van der Waals surface area contributed by atoms with Crippen molar-refractivity contribution in [1.29, 1.82) is 0 Å². The normalized spacial score (nSPS) is 24.8. The van der Waals surface area contributed by atoms with E-state index in [9.17, 15) is 17.9 Å². The van der Waals surface area contributed by atoms with Crippen LogP contribution >= 0.6 is 0 Å². The van der Waals surface area contributed by atoms with Gasteiger partial charge in [-0.25, -0.2) is 12.8 Å². The largest absolute Gasteiger partial charge is 0.483 e. The van der Waals surface area contributed by atoms with Gasteiger partial charge >= 0.3 is 0 Å². The molecule has 2 atom stereocenters. The van der Waals surface area contributed by atoms with Crippen LogP contribution in [0, 0.1) is 5.82 Å². The third kappa shape index (κ3) is 3.47. The average Bonchev–Trinajstić information content (AvgIpc) is 2.63. The van der Waals surface area contributed by atoms with Gasteiger partial charge in [0.2, 0.25) is 0 Å². The topological polar surface area (TPSA) is 75.6 Å². The van der Waals surface area contributed by atoms with Gasteiger partial charge in [0.05, 0.1) is 11.5 Å². The summed E-state index contributed by atoms with van der Waals surface area (Å²) in [6, 6.07) is 4.52. The second-order valence-corrected chi connectivity index (χ2v) is 6.96. The molecular weight excluding hydrogens is 285 g/mol. The Labute approximate surface area is 117 Å². The number of rotatable bonds is 5. The van der Waals surface area contributed by atoms with Crippen LogP contribution in [0.25, 0.3) is 0 Å². The lowest BCUT2D eigenvalue weighted by atomic mass is 10.1. The van der Waals surface area contributed by atoms with Gasteiger partial charge < -0.3 is 15.2 Å². The first kappa shape index (κ1) is 15.2. The van der Waals surface area contributed by atoms with E-state index in [2.05, 4.69) is 5.32 Å². The van der Waals surface area contributed by atoms with Gasteiger partial charge in [-0.15, -0.1) is 0 Å². The molecule has 0 spiro atoms. The molecule has 1 fully saturated rings. The first-order chi connectivity index (χ1) is 9.43. The molecule has 1 aliphatic heterocycles. The summed E-state index contributed by atoms with van der Waals surface area (Å²) in [6.45, 7) is 3.06. The predicted molar refractivity (Wildman–Crippen MR) is 72.9 cm³/mol. The highest BCUT2D eigenvalue weighted by Crippen LogP contribution is 2.27. The highest BCUT2D eigenvalue weighted by Gasteiger charge is 2.38. The number of hydrogen-bond donors (Lipinski definition) is 2. The van der Waals surface area contributed by atoms with E-state index >= 15 is 0 Å². The summed E-state index contributed by atoms with van der Waals surface area (Å²) in [5, 5.41) is 12.8. The molecule has 2 unspecified atom stereocenters. The average molecular weight is 303 g/mol. The first-order valence-corrected chi connectivity index (χ1v) is 8.28. The van der Waals surface area contributed by atoms with Crippen LogP contribution in [0.15, 0.2) is 18.2 Å². The van der Waals surface area contributed by atoms with Crippen molar-refractivity contribution >= 4 is 9.84 Å². The maximum absolute atomic E-state index is 13.9. The Morgan fingerprint density at radius 2 is 2.20 bits per heavy atom. The minimum Gasteiger partial charge on any atom is -0.483 e. The maximum Gasteiger partial charge on any atom is 0.165 e. The maximum atomic E-state index is 13.9. The zero-order valence-electron chi connectivity index (χ0n) is 11.2. The summed E-state index contributed by atoms with van der Waals surface area (Å²) in [5.41, 5.74) is 0.600. The summed E-state index contributed by atoms with van der Waals surface area (Å²) in [6.07, 6.45) is -2.04. The van der Waals surface area contributed by atoms with Gasteiger partial charge in [0, 0.05) is 12.1 Å².